The van der Waals surface area contributed by atoms with Crippen LogP contribution >= 0.6 is 0 Å². The fraction of sp³-hybridized carbons (Fsp3) is 0.500. The number of nitrogens with one attached hydrogen (secondary N) is 1. The molecule has 76 valence electrons. The minimum atomic E-state index is -0.601. The normalized spacial score (nSPS) is 20.7. The Morgan fingerprint density at radius 2 is 1.86 bits per heavy atom. The number of aryl methyl sites for hydroxylation is 1. The van der Waals surface area contributed by atoms with Crippen molar-refractivity contribution >= 4 is 0 Å². The lowest BCUT2D eigenvalue weighted by Gasteiger charge is -2.34. The Kier molecular flexibility index (Phi) is 2.57. The van der Waals surface area contributed by atoms with Crippen LogP contribution in [0.5, 0.6) is 0 Å². The van der Waals surface area contributed by atoms with Crippen LogP contribution in [-0.4, -0.2) is 18.2 Å². The standard InChI is InChI=1S/C12H17NO/c1-10-4-2-3-5-11(10)12(14)6-8-13-9-7-12/h2-5,13-14H,6-9H2,1H3. The molecule has 0 atom stereocenters. The summed E-state index contributed by atoms with van der Waals surface area (Å²) < 4.78 is 0. The summed E-state index contributed by atoms with van der Waals surface area (Å²) in [6, 6.07) is 8.13. The molecule has 2 N–H and O–H groups in total. The minimum absolute atomic E-state index is 0.601. The Hall–Kier alpha value is -0.860. The summed E-state index contributed by atoms with van der Waals surface area (Å²) in [4.78, 5) is 0. The molecule has 0 amide bonds. The van der Waals surface area contributed by atoms with Gasteiger partial charge in [-0.3, -0.25) is 0 Å². The molecule has 1 aliphatic rings. The lowest BCUT2D eigenvalue weighted by atomic mass is 9.83. The molecule has 1 heterocycles. The van der Waals surface area contributed by atoms with Crippen LogP contribution in [0, 0.1) is 6.92 Å². The molecule has 1 aromatic carbocycles. The second kappa shape index (κ2) is 3.71. The van der Waals surface area contributed by atoms with Crippen LogP contribution in [0.1, 0.15) is 24.0 Å². The molecule has 14 heavy (non-hydrogen) atoms. The number of hydrogen-bond acceptors (Lipinski definition) is 2. The first-order chi connectivity index (χ1) is 6.72. The average molecular weight is 191 g/mol. The van der Waals surface area contributed by atoms with Crippen molar-refractivity contribution in [2.24, 2.45) is 0 Å². The Balaban J connectivity index is 2.32. The van der Waals surface area contributed by atoms with Crippen molar-refractivity contribution in [3.05, 3.63) is 35.4 Å². The lowest BCUT2D eigenvalue weighted by Crippen LogP contribution is -2.40. The minimum Gasteiger partial charge on any atom is -0.385 e. The van der Waals surface area contributed by atoms with Crippen molar-refractivity contribution in [2.75, 3.05) is 13.1 Å². The van der Waals surface area contributed by atoms with Gasteiger partial charge in [0.05, 0.1) is 5.60 Å². The van der Waals surface area contributed by atoms with Gasteiger partial charge in [-0.2, -0.15) is 0 Å². The fourth-order valence-corrected chi connectivity index (χ4v) is 2.20. The van der Waals surface area contributed by atoms with E-state index in [2.05, 4.69) is 18.3 Å². The molecule has 0 radical (unpaired) electrons. The maximum Gasteiger partial charge on any atom is 0.0923 e. The summed E-state index contributed by atoms with van der Waals surface area (Å²) >= 11 is 0. The highest BCUT2D eigenvalue weighted by Crippen LogP contribution is 2.32. The Morgan fingerprint density at radius 1 is 1.21 bits per heavy atom. The molecule has 2 heteroatoms. The first-order valence-corrected chi connectivity index (χ1v) is 5.22. The van der Waals surface area contributed by atoms with Gasteiger partial charge in [-0.1, -0.05) is 24.3 Å². The molecule has 2 rings (SSSR count). The summed E-state index contributed by atoms with van der Waals surface area (Å²) in [5.41, 5.74) is 1.69. The molecule has 0 saturated carbocycles. The zero-order valence-corrected chi connectivity index (χ0v) is 8.59. The Morgan fingerprint density at radius 3 is 2.50 bits per heavy atom. The maximum absolute atomic E-state index is 10.5. The van der Waals surface area contributed by atoms with E-state index < -0.39 is 5.60 Å². The number of hydrogen-bond donors (Lipinski definition) is 2. The van der Waals surface area contributed by atoms with Crippen molar-refractivity contribution in [2.45, 2.75) is 25.4 Å². The van der Waals surface area contributed by atoms with E-state index in [1.807, 2.05) is 18.2 Å². The van der Waals surface area contributed by atoms with Gasteiger partial charge in [0.15, 0.2) is 0 Å². The number of benzene rings is 1. The summed E-state index contributed by atoms with van der Waals surface area (Å²) in [6.07, 6.45) is 1.63. The van der Waals surface area contributed by atoms with Gasteiger partial charge in [-0.05, 0) is 44.0 Å². The third-order valence-corrected chi connectivity index (χ3v) is 3.08. The highest BCUT2D eigenvalue weighted by Gasteiger charge is 2.31. The molecule has 0 aromatic heterocycles. The quantitative estimate of drug-likeness (QED) is 0.706. The van der Waals surface area contributed by atoms with E-state index in [0.29, 0.717) is 0 Å². The third kappa shape index (κ3) is 1.68. The monoisotopic (exact) mass is 191 g/mol. The van der Waals surface area contributed by atoms with Crippen LogP contribution in [0.2, 0.25) is 0 Å². The largest absolute Gasteiger partial charge is 0.385 e. The first-order valence-electron chi connectivity index (χ1n) is 5.22. The van der Waals surface area contributed by atoms with E-state index in [4.69, 9.17) is 0 Å². The highest BCUT2D eigenvalue weighted by molar-refractivity contribution is 5.31. The van der Waals surface area contributed by atoms with Crippen LogP contribution < -0.4 is 5.32 Å². The topological polar surface area (TPSA) is 32.3 Å². The molecule has 0 spiro atoms. The van der Waals surface area contributed by atoms with Crippen LogP contribution in [-0.2, 0) is 5.60 Å². The summed E-state index contributed by atoms with van der Waals surface area (Å²) in [5, 5.41) is 13.8. The first kappa shape index (κ1) is 9.69. The van der Waals surface area contributed by atoms with E-state index >= 15 is 0 Å². The van der Waals surface area contributed by atoms with E-state index in [-0.39, 0.29) is 0 Å². The second-order valence-electron chi connectivity index (χ2n) is 4.10. The predicted molar refractivity (Wildman–Crippen MR) is 57.2 cm³/mol. The van der Waals surface area contributed by atoms with E-state index in [9.17, 15) is 5.11 Å². The van der Waals surface area contributed by atoms with E-state index in [0.717, 1.165) is 31.5 Å². The van der Waals surface area contributed by atoms with E-state index in [1.54, 1.807) is 0 Å². The molecule has 0 unspecified atom stereocenters. The number of piperidine rings is 1. The SMILES string of the molecule is Cc1ccccc1C1(O)CCNCC1. The van der Waals surface area contributed by atoms with Gasteiger partial charge >= 0.3 is 0 Å². The third-order valence-electron chi connectivity index (χ3n) is 3.08. The van der Waals surface area contributed by atoms with Crippen LogP contribution in [0.4, 0.5) is 0 Å². The fourth-order valence-electron chi connectivity index (χ4n) is 2.20. The Labute approximate surface area is 85.0 Å². The second-order valence-corrected chi connectivity index (χ2v) is 4.10. The van der Waals surface area contributed by atoms with Crippen molar-refractivity contribution in [1.82, 2.24) is 5.32 Å². The molecule has 1 aromatic rings. The smallest absolute Gasteiger partial charge is 0.0923 e. The van der Waals surface area contributed by atoms with Crippen molar-refractivity contribution in [1.29, 1.82) is 0 Å². The van der Waals surface area contributed by atoms with Gasteiger partial charge in [0.25, 0.3) is 0 Å². The van der Waals surface area contributed by atoms with Gasteiger partial charge in [0, 0.05) is 0 Å². The molecule has 0 bridgehead atoms. The summed E-state index contributed by atoms with van der Waals surface area (Å²) in [7, 11) is 0. The van der Waals surface area contributed by atoms with Crippen LogP contribution in [0.25, 0.3) is 0 Å². The highest BCUT2D eigenvalue weighted by atomic mass is 16.3. The zero-order chi connectivity index (χ0) is 10.0. The van der Waals surface area contributed by atoms with Gasteiger partial charge in [-0.25, -0.2) is 0 Å². The van der Waals surface area contributed by atoms with Crippen LogP contribution in [0.3, 0.4) is 0 Å². The van der Waals surface area contributed by atoms with Crippen molar-refractivity contribution in [3.63, 3.8) is 0 Å². The molecule has 1 fully saturated rings. The molecular formula is C12H17NO. The molecular weight excluding hydrogens is 174 g/mol. The van der Waals surface area contributed by atoms with Gasteiger partial charge in [-0.15, -0.1) is 0 Å². The van der Waals surface area contributed by atoms with Gasteiger partial charge in [0.1, 0.15) is 0 Å². The predicted octanol–water partition coefficient (Wildman–Crippen LogP) is 1.57. The number of aliphatic hydroxyl groups is 1. The van der Waals surface area contributed by atoms with Gasteiger partial charge < -0.3 is 10.4 Å². The maximum atomic E-state index is 10.5. The average Bonchev–Trinajstić information content (AvgIpc) is 2.19. The molecule has 0 aliphatic carbocycles. The lowest BCUT2D eigenvalue weighted by molar-refractivity contribution is 0.00539. The van der Waals surface area contributed by atoms with Crippen LogP contribution in [0.15, 0.2) is 24.3 Å². The molecule has 1 aliphatic heterocycles. The Bertz CT molecular complexity index is 316. The summed E-state index contributed by atoms with van der Waals surface area (Å²) in [5.74, 6) is 0. The molecule has 1 saturated heterocycles. The van der Waals surface area contributed by atoms with Gasteiger partial charge in [0.2, 0.25) is 0 Å². The summed E-state index contributed by atoms with van der Waals surface area (Å²) in [6.45, 7) is 3.88. The number of rotatable bonds is 1. The van der Waals surface area contributed by atoms with E-state index in [1.165, 1.54) is 5.56 Å². The van der Waals surface area contributed by atoms with Crippen molar-refractivity contribution < 1.29 is 5.11 Å². The molecule has 2 nitrogen and oxygen atoms in total. The zero-order valence-electron chi connectivity index (χ0n) is 8.59. The van der Waals surface area contributed by atoms with Crippen molar-refractivity contribution in [3.8, 4) is 0 Å².